The number of carbonyl (C=O) groups excluding carboxylic acids is 1. The van der Waals surface area contributed by atoms with Crippen LogP contribution in [0, 0.1) is 5.82 Å². The van der Waals surface area contributed by atoms with E-state index in [2.05, 4.69) is 4.98 Å². The third kappa shape index (κ3) is 4.25. The molecular weight excluding hydrogens is 406 g/mol. The van der Waals surface area contributed by atoms with Crippen molar-refractivity contribution in [2.75, 3.05) is 6.26 Å². The fraction of sp³-hybridized carbons (Fsp3) is 0.250. The van der Waals surface area contributed by atoms with Crippen LogP contribution >= 0.6 is 23.2 Å². The molecule has 6 nitrogen and oxygen atoms in total. The monoisotopic (exact) mass is 418 g/mol. The molecule has 1 aliphatic rings. The standard InChI is InChI=1S/C16H13Cl2FN2O4S/c1-26(23,24)21-16(22)10-4-5-12(13(18)14(10)19)25-9-6-11(17)15(20-7-9)8-2-3-8/h4-8H,2-3H2,1H3,(H,21,22). The minimum atomic E-state index is -3.83. The minimum absolute atomic E-state index is 0.0582. The van der Waals surface area contributed by atoms with Gasteiger partial charge in [-0.25, -0.2) is 17.5 Å². The molecule has 0 radical (unpaired) electrons. The number of sulfonamides is 1. The first kappa shape index (κ1) is 18.9. The summed E-state index contributed by atoms with van der Waals surface area (Å²) >= 11 is 12.1. The molecule has 138 valence electrons. The van der Waals surface area contributed by atoms with E-state index >= 15 is 0 Å². The number of hydrogen-bond donors (Lipinski definition) is 1. The lowest BCUT2D eigenvalue weighted by Gasteiger charge is -2.11. The number of nitrogens with zero attached hydrogens (tertiary/aromatic N) is 1. The normalized spacial score (nSPS) is 14.2. The van der Waals surface area contributed by atoms with Crippen LogP contribution < -0.4 is 9.46 Å². The molecule has 0 saturated heterocycles. The van der Waals surface area contributed by atoms with E-state index in [1.807, 2.05) is 0 Å². The molecule has 2 aromatic rings. The second-order valence-corrected chi connectivity index (χ2v) is 8.39. The van der Waals surface area contributed by atoms with Crippen LogP contribution in [0.4, 0.5) is 4.39 Å². The third-order valence-corrected chi connectivity index (χ3v) is 4.82. The fourth-order valence-corrected chi connectivity index (χ4v) is 3.24. The highest BCUT2D eigenvalue weighted by Gasteiger charge is 2.27. The summed E-state index contributed by atoms with van der Waals surface area (Å²) in [5.41, 5.74) is 0.275. The molecule has 10 heteroatoms. The number of aromatic nitrogens is 1. The van der Waals surface area contributed by atoms with Crippen molar-refractivity contribution in [1.29, 1.82) is 0 Å². The SMILES string of the molecule is CS(=O)(=O)NC(=O)c1ccc(Oc2cnc(C3CC3)c(Cl)c2)c(Cl)c1F. The van der Waals surface area contributed by atoms with Crippen molar-refractivity contribution in [3.63, 3.8) is 0 Å². The second-order valence-electron chi connectivity index (χ2n) is 5.86. The number of halogens is 3. The first-order chi connectivity index (χ1) is 12.2. The molecule has 1 saturated carbocycles. The Bertz CT molecular complexity index is 994. The van der Waals surface area contributed by atoms with Gasteiger partial charge in [0.25, 0.3) is 5.91 Å². The summed E-state index contributed by atoms with van der Waals surface area (Å²) < 4.78 is 43.7. The molecule has 0 bridgehead atoms. The summed E-state index contributed by atoms with van der Waals surface area (Å²) in [5.74, 6) is -1.66. The molecular formula is C16H13Cl2FN2O4S. The van der Waals surface area contributed by atoms with Crippen LogP contribution in [-0.2, 0) is 10.0 Å². The van der Waals surface area contributed by atoms with Crippen molar-refractivity contribution >= 4 is 39.1 Å². The van der Waals surface area contributed by atoms with Gasteiger partial charge in [-0.3, -0.25) is 9.78 Å². The van der Waals surface area contributed by atoms with Gasteiger partial charge < -0.3 is 4.74 Å². The van der Waals surface area contributed by atoms with Crippen molar-refractivity contribution in [3.8, 4) is 11.5 Å². The highest BCUT2D eigenvalue weighted by Crippen LogP contribution is 2.43. The Kier molecular flexibility index (Phi) is 5.09. The van der Waals surface area contributed by atoms with Crippen molar-refractivity contribution in [3.05, 3.63) is 51.5 Å². The average Bonchev–Trinajstić information content (AvgIpc) is 3.35. The number of pyridine rings is 1. The third-order valence-electron chi connectivity index (χ3n) is 3.61. The van der Waals surface area contributed by atoms with E-state index < -0.39 is 32.3 Å². The summed E-state index contributed by atoms with van der Waals surface area (Å²) in [5, 5.41) is -0.0145. The number of ether oxygens (including phenoxy) is 1. The van der Waals surface area contributed by atoms with E-state index in [9.17, 15) is 17.6 Å². The summed E-state index contributed by atoms with van der Waals surface area (Å²) in [7, 11) is -3.83. The molecule has 1 amide bonds. The Hall–Kier alpha value is -1.90. The highest BCUT2D eigenvalue weighted by atomic mass is 35.5. The molecule has 1 N–H and O–H groups in total. The van der Waals surface area contributed by atoms with Crippen molar-refractivity contribution in [2.24, 2.45) is 0 Å². The Labute approximate surface area is 159 Å². The number of rotatable bonds is 5. The first-order valence-electron chi connectivity index (χ1n) is 7.49. The average molecular weight is 419 g/mol. The molecule has 3 rings (SSSR count). The van der Waals surface area contributed by atoms with Gasteiger partial charge in [-0.1, -0.05) is 23.2 Å². The molecule has 0 aliphatic heterocycles. The summed E-state index contributed by atoms with van der Waals surface area (Å²) in [4.78, 5) is 16.0. The van der Waals surface area contributed by atoms with Crippen LogP contribution in [0.15, 0.2) is 24.4 Å². The van der Waals surface area contributed by atoms with Crippen molar-refractivity contribution < 1.29 is 22.3 Å². The molecule has 1 fully saturated rings. The lowest BCUT2D eigenvalue weighted by Crippen LogP contribution is -2.30. The molecule has 26 heavy (non-hydrogen) atoms. The zero-order valence-electron chi connectivity index (χ0n) is 13.4. The van der Waals surface area contributed by atoms with Gasteiger partial charge in [-0.05, 0) is 25.0 Å². The maximum Gasteiger partial charge on any atom is 0.267 e. The van der Waals surface area contributed by atoms with Gasteiger partial charge in [-0.15, -0.1) is 0 Å². The van der Waals surface area contributed by atoms with E-state index in [0.717, 1.165) is 30.9 Å². The van der Waals surface area contributed by atoms with Crippen molar-refractivity contribution in [2.45, 2.75) is 18.8 Å². The molecule has 1 aromatic carbocycles. The van der Waals surface area contributed by atoms with E-state index in [1.54, 1.807) is 10.8 Å². The maximum atomic E-state index is 14.3. The van der Waals surface area contributed by atoms with Gasteiger partial charge >= 0.3 is 0 Å². The smallest absolute Gasteiger partial charge is 0.267 e. The minimum Gasteiger partial charge on any atom is -0.454 e. The van der Waals surface area contributed by atoms with Crippen LogP contribution in [0.5, 0.6) is 11.5 Å². The lowest BCUT2D eigenvalue weighted by molar-refractivity contribution is 0.0977. The number of hydrogen-bond acceptors (Lipinski definition) is 5. The summed E-state index contributed by atoms with van der Waals surface area (Å²) in [6, 6.07) is 3.89. The summed E-state index contributed by atoms with van der Waals surface area (Å²) in [6.45, 7) is 0. The van der Waals surface area contributed by atoms with Gasteiger partial charge in [-0.2, -0.15) is 0 Å². The van der Waals surface area contributed by atoms with E-state index in [1.165, 1.54) is 12.3 Å². The van der Waals surface area contributed by atoms with Crippen LogP contribution in [0.25, 0.3) is 0 Å². The zero-order chi connectivity index (χ0) is 19.1. The highest BCUT2D eigenvalue weighted by molar-refractivity contribution is 7.89. The number of nitrogens with one attached hydrogen (secondary N) is 1. The lowest BCUT2D eigenvalue weighted by atomic mass is 10.2. The number of benzene rings is 1. The predicted molar refractivity (Wildman–Crippen MR) is 95.0 cm³/mol. The number of carbonyl (C=O) groups is 1. The van der Waals surface area contributed by atoms with Gasteiger partial charge in [0.1, 0.15) is 16.5 Å². The van der Waals surface area contributed by atoms with E-state index in [-0.39, 0.29) is 11.5 Å². The van der Waals surface area contributed by atoms with Crippen LogP contribution in [0.2, 0.25) is 10.0 Å². The van der Waals surface area contributed by atoms with E-state index in [4.69, 9.17) is 27.9 Å². The number of amides is 1. The predicted octanol–water partition coefficient (Wildman–Crippen LogP) is 3.89. The maximum absolute atomic E-state index is 14.3. The largest absolute Gasteiger partial charge is 0.454 e. The fourth-order valence-electron chi connectivity index (χ4n) is 2.28. The Morgan fingerprint density at radius 1 is 1.35 bits per heavy atom. The van der Waals surface area contributed by atoms with E-state index in [0.29, 0.717) is 10.9 Å². The van der Waals surface area contributed by atoms with Gasteiger partial charge in [0.15, 0.2) is 5.82 Å². The molecule has 0 atom stereocenters. The molecule has 1 heterocycles. The molecule has 1 aromatic heterocycles. The van der Waals surface area contributed by atoms with Crippen LogP contribution in [0.1, 0.15) is 34.8 Å². The van der Waals surface area contributed by atoms with Crippen molar-refractivity contribution in [1.82, 2.24) is 9.71 Å². The quantitative estimate of drug-likeness (QED) is 0.795. The Morgan fingerprint density at radius 3 is 2.62 bits per heavy atom. The van der Waals surface area contributed by atoms with Gasteiger partial charge in [0.05, 0.1) is 28.7 Å². The Morgan fingerprint density at radius 2 is 2.04 bits per heavy atom. The van der Waals surface area contributed by atoms with Gasteiger partial charge in [0, 0.05) is 12.0 Å². The topological polar surface area (TPSA) is 85.4 Å². The van der Waals surface area contributed by atoms with Crippen LogP contribution in [-0.4, -0.2) is 25.6 Å². The summed E-state index contributed by atoms with van der Waals surface area (Å²) in [6.07, 6.45) is 4.32. The first-order valence-corrected chi connectivity index (χ1v) is 10.1. The molecule has 0 unspecified atom stereocenters. The Balaban J connectivity index is 1.84. The molecule has 0 spiro atoms. The van der Waals surface area contributed by atoms with Gasteiger partial charge in [0.2, 0.25) is 10.0 Å². The zero-order valence-corrected chi connectivity index (χ0v) is 15.8. The molecule has 1 aliphatic carbocycles. The van der Waals surface area contributed by atoms with Crippen LogP contribution in [0.3, 0.4) is 0 Å². The second kappa shape index (κ2) is 7.02.